The van der Waals surface area contributed by atoms with Gasteiger partial charge in [-0.15, -0.1) is 0 Å². The molecule has 8 nitrogen and oxygen atoms in total. The van der Waals surface area contributed by atoms with Crippen LogP contribution in [0.3, 0.4) is 0 Å². The normalized spacial score (nSPS) is 11.1. The Labute approximate surface area is 194 Å². The molecule has 0 aliphatic heterocycles. The SMILES string of the molecule is Cn1cc(-c2ccc(Cn3cc(C(=O)Nc4ncccc4CO)c4ncccc43)c(F)c2)cn1. The number of carbonyl (C=O) groups is 1. The summed E-state index contributed by atoms with van der Waals surface area (Å²) in [5.74, 6) is -0.480. The lowest BCUT2D eigenvalue weighted by Crippen LogP contribution is -2.14. The van der Waals surface area contributed by atoms with Crippen LogP contribution in [0.4, 0.5) is 10.2 Å². The lowest BCUT2D eigenvalue weighted by molar-refractivity contribution is 0.102. The van der Waals surface area contributed by atoms with Crippen LogP contribution in [0.5, 0.6) is 0 Å². The molecule has 5 aromatic rings. The highest BCUT2D eigenvalue weighted by atomic mass is 19.1. The molecule has 0 fully saturated rings. The van der Waals surface area contributed by atoms with Gasteiger partial charge in [0.1, 0.15) is 17.2 Å². The summed E-state index contributed by atoms with van der Waals surface area (Å²) >= 11 is 0. The molecule has 0 aliphatic rings. The van der Waals surface area contributed by atoms with E-state index in [0.717, 1.165) is 11.1 Å². The first kappa shape index (κ1) is 21.5. The van der Waals surface area contributed by atoms with Crippen LogP contribution in [0.15, 0.2) is 73.4 Å². The summed E-state index contributed by atoms with van der Waals surface area (Å²) < 4.78 is 18.5. The molecule has 1 amide bonds. The summed E-state index contributed by atoms with van der Waals surface area (Å²) in [6.45, 7) is -0.0299. The molecule has 0 saturated carbocycles. The second kappa shape index (κ2) is 8.87. The van der Waals surface area contributed by atoms with Crippen LogP contribution in [0, 0.1) is 5.82 Å². The van der Waals surface area contributed by atoms with Crippen LogP contribution in [0.25, 0.3) is 22.2 Å². The van der Waals surface area contributed by atoms with Gasteiger partial charge in [0, 0.05) is 48.5 Å². The standard InChI is InChI=1S/C25H21FN6O2/c1-31-12-19(11-29-31)16-6-7-17(21(26)10-16)13-32-14-20(23-22(32)5-3-8-27-23)25(34)30-24-18(15-33)4-2-9-28-24/h2-12,14,33H,13,15H2,1H3,(H,28,30,34). The highest BCUT2D eigenvalue weighted by Gasteiger charge is 2.19. The molecule has 9 heteroatoms. The van der Waals surface area contributed by atoms with Gasteiger partial charge in [0.25, 0.3) is 5.91 Å². The number of aliphatic hydroxyl groups is 1. The van der Waals surface area contributed by atoms with Crippen molar-refractivity contribution in [3.63, 3.8) is 0 Å². The molecule has 0 aliphatic carbocycles. The average Bonchev–Trinajstić information content (AvgIpc) is 3.45. The van der Waals surface area contributed by atoms with Crippen LogP contribution >= 0.6 is 0 Å². The number of amides is 1. The number of anilines is 1. The Kier molecular flexibility index (Phi) is 5.60. The smallest absolute Gasteiger partial charge is 0.260 e. The molecule has 34 heavy (non-hydrogen) atoms. The van der Waals surface area contributed by atoms with Crippen LogP contribution < -0.4 is 5.32 Å². The molecule has 0 unspecified atom stereocenters. The number of aromatic nitrogens is 5. The van der Waals surface area contributed by atoms with E-state index < -0.39 is 5.91 Å². The highest BCUT2D eigenvalue weighted by Crippen LogP contribution is 2.25. The van der Waals surface area contributed by atoms with Gasteiger partial charge >= 0.3 is 0 Å². The van der Waals surface area contributed by atoms with E-state index in [1.165, 1.54) is 12.3 Å². The van der Waals surface area contributed by atoms with Gasteiger partial charge in [-0.05, 0) is 29.8 Å². The van der Waals surface area contributed by atoms with E-state index in [2.05, 4.69) is 20.4 Å². The number of aryl methyl sites for hydroxylation is 1. The predicted molar refractivity (Wildman–Crippen MR) is 126 cm³/mol. The van der Waals surface area contributed by atoms with Gasteiger partial charge in [0.15, 0.2) is 0 Å². The highest BCUT2D eigenvalue weighted by molar-refractivity contribution is 6.11. The average molecular weight is 456 g/mol. The number of rotatable bonds is 6. The Balaban J connectivity index is 1.46. The number of carbonyl (C=O) groups excluding carboxylic acids is 1. The molecule has 0 atom stereocenters. The van der Waals surface area contributed by atoms with Crippen molar-refractivity contribution in [2.24, 2.45) is 7.05 Å². The topological polar surface area (TPSA) is 97.9 Å². The van der Waals surface area contributed by atoms with Crippen LogP contribution in [0.1, 0.15) is 21.5 Å². The summed E-state index contributed by atoms with van der Waals surface area (Å²) in [7, 11) is 1.81. The number of hydrogen-bond acceptors (Lipinski definition) is 5. The number of nitrogens with one attached hydrogen (secondary N) is 1. The van der Waals surface area contributed by atoms with Crippen molar-refractivity contribution in [1.29, 1.82) is 0 Å². The second-order valence-electron chi connectivity index (χ2n) is 7.87. The minimum atomic E-state index is -0.414. The molecule has 1 aromatic carbocycles. The number of hydrogen-bond donors (Lipinski definition) is 2. The summed E-state index contributed by atoms with van der Waals surface area (Å²) in [5.41, 5.74) is 4.08. The Hall–Kier alpha value is -4.37. The molecule has 170 valence electrons. The molecule has 2 N–H and O–H groups in total. The molecule has 0 saturated heterocycles. The fourth-order valence-corrected chi connectivity index (χ4v) is 3.88. The first-order valence-corrected chi connectivity index (χ1v) is 10.6. The summed E-state index contributed by atoms with van der Waals surface area (Å²) in [6, 6.07) is 12.0. The van der Waals surface area contributed by atoms with Crippen LogP contribution in [-0.4, -0.2) is 35.3 Å². The minimum Gasteiger partial charge on any atom is -0.392 e. The largest absolute Gasteiger partial charge is 0.392 e. The first-order chi connectivity index (χ1) is 16.5. The van der Waals surface area contributed by atoms with Gasteiger partial charge < -0.3 is 15.0 Å². The zero-order valence-corrected chi connectivity index (χ0v) is 18.3. The molecular weight excluding hydrogens is 435 g/mol. The van der Waals surface area contributed by atoms with Crippen molar-refractivity contribution in [3.8, 4) is 11.1 Å². The van der Waals surface area contributed by atoms with E-state index in [9.17, 15) is 14.3 Å². The van der Waals surface area contributed by atoms with Crippen molar-refractivity contribution in [2.75, 3.05) is 5.32 Å². The lowest BCUT2D eigenvalue weighted by Gasteiger charge is -2.08. The summed E-state index contributed by atoms with van der Waals surface area (Å²) in [5, 5.41) is 16.4. The van der Waals surface area contributed by atoms with Crippen molar-refractivity contribution in [3.05, 3.63) is 96.0 Å². The lowest BCUT2D eigenvalue weighted by atomic mass is 10.1. The fourth-order valence-electron chi connectivity index (χ4n) is 3.88. The zero-order valence-electron chi connectivity index (χ0n) is 18.3. The third-order valence-electron chi connectivity index (χ3n) is 5.61. The van der Waals surface area contributed by atoms with Gasteiger partial charge in [-0.3, -0.25) is 14.5 Å². The third kappa shape index (κ3) is 4.04. The van der Waals surface area contributed by atoms with Gasteiger partial charge in [-0.2, -0.15) is 5.10 Å². The number of benzene rings is 1. The molecule has 5 rings (SSSR count). The van der Waals surface area contributed by atoms with E-state index in [4.69, 9.17) is 0 Å². The number of halogens is 1. The number of pyridine rings is 2. The Morgan fingerprint density at radius 2 is 1.88 bits per heavy atom. The van der Waals surface area contributed by atoms with Gasteiger partial charge in [-0.25, -0.2) is 9.37 Å². The Morgan fingerprint density at radius 1 is 1.06 bits per heavy atom. The Bertz CT molecular complexity index is 1510. The Morgan fingerprint density at radius 3 is 2.65 bits per heavy atom. The number of aliphatic hydroxyl groups excluding tert-OH is 1. The minimum absolute atomic E-state index is 0.222. The maximum absolute atomic E-state index is 15.0. The number of fused-ring (bicyclic) bond motifs is 1. The molecule has 0 bridgehead atoms. The predicted octanol–water partition coefficient (Wildman–Crippen LogP) is 3.76. The monoisotopic (exact) mass is 456 g/mol. The maximum atomic E-state index is 15.0. The molecular formula is C25H21FN6O2. The number of nitrogens with zero attached hydrogens (tertiary/aromatic N) is 5. The van der Waals surface area contributed by atoms with Crippen LogP contribution in [-0.2, 0) is 20.2 Å². The zero-order chi connectivity index (χ0) is 23.7. The summed E-state index contributed by atoms with van der Waals surface area (Å²) in [4.78, 5) is 21.6. The quantitative estimate of drug-likeness (QED) is 0.405. The fraction of sp³-hybridized carbons (Fsp3) is 0.120. The summed E-state index contributed by atoms with van der Waals surface area (Å²) in [6.07, 6.45) is 8.31. The first-order valence-electron chi connectivity index (χ1n) is 10.6. The van der Waals surface area contributed by atoms with Gasteiger partial charge in [0.2, 0.25) is 0 Å². The second-order valence-corrected chi connectivity index (χ2v) is 7.87. The maximum Gasteiger partial charge on any atom is 0.260 e. The van der Waals surface area contributed by atoms with Gasteiger partial charge in [-0.1, -0.05) is 18.2 Å². The van der Waals surface area contributed by atoms with Gasteiger partial charge in [0.05, 0.1) is 30.4 Å². The van der Waals surface area contributed by atoms with Crippen molar-refractivity contribution in [2.45, 2.75) is 13.2 Å². The molecule has 4 heterocycles. The van der Waals surface area contributed by atoms with E-state index in [0.29, 0.717) is 27.7 Å². The third-order valence-corrected chi connectivity index (χ3v) is 5.61. The van der Waals surface area contributed by atoms with E-state index in [1.807, 2.05) is 25.4 Å². The van der Waals surface area contributed by atoms with Crippen molar-refractivity contribution < 1.29 is 14.3 Å². The van der Waals surface area contributed by atoms with Crippen LogP contribution in [0.2, 0.25) is 0 Å². The van der Waals surface area contributed by atoms with Crippen molar-refractivity contribution >= 4 is 22.8 Å². The molecule has 0 spiro atoms. The van der Waals surface area contributed by atoms with E-state index in [1.54, 1.807) is 52.1 Å². The van der Waals surface area contributed by atoms with Crippen molar-refractivity contribution in [1.82, 2.24) is 24.3 Å². The van der Waals surface area contributed by atoms with E-state index >= 15 is 0 Å². The molecule has 4 aromatic heterocycles. The van der Waals surface area contributed by atoms with E-state index in [-0.39, 0.29) is 24.8 Å². The molecule has 0 radical (unpaired) electrons.